The van der Waals surface area contributed by atoms with Gasteiger partial charge in [-0.05, 0) is 36.6 Å². The first-order valence-corrected chi connectivity index (χ1v) is 11.8. The lowest BCUT2D eigenvalue weighted by Gasteiger charge is -2.19. The molecule has 0 saturated carbocycles. The number of imidazole rings is 1. The van der Waals surface area contributed by atoms with Crippen LogP contribution in [0.4, 0.5) is 4.79 Å². The summed E-state index contributed by atoms with van der Waals surface area (Å²) in [6.07, 6.45) is 0.493. The summed E-state index contributed by atoms with van der Waals surface area (Å²) in [6.45, 7) is 3.35. The minimum absolute atomic E-state index is 0.143. The van der Waals surface area contributed by atoms with Crippen molar-refractivity contribution < 1.29 is 14.3 Å². The van der Waals surface area contributed by atoms with Crippen molar-refractivity contribution in [1.29, 1.82) is 0 Å². The number of ether oxygens (including phenoxy) is 1. The van der Waals surface area contributed by atoms with E-state index in [4.69, 9.17) is 4.74 Å². The first-order chi connectivity index (χ1) is 17.1. The zero-order valence-corrected chi connectivity index (χ0v) is 19.8. The standard InChI is InChI=1S/C28H30N4O3/c1-21-30-24-15-8-9-16-26(24)32(21)18-10-17-29-27(33)25(19-22-11-4-2-5-12-22)31-28(34)35-20-23-13-6-3-7-14-23/h2-9,11-16,25H,10,17-20H2,1H3,(H,29,33)(H,31,34). The second-order valence-electron chi connectivity index (χ2n) is 8.39. The maximum atomic E-state index is 13.0. The van der Waals surface area contributed by atoms with E-state index in [1.54, 1.807) is 0 Å². The normalized spacial score (nSPS) is 11.7. The lowest BCUT2D eigenvalue weighted by atomic mass is 10.1. The van der Waals surface area contributed by atoms with Crippen molar-refractivity contribution in [2.45, 2.75) is 39.0 Å². The van der Waals surface area contributed by atoms with Crippen LogP contribution in [0.25, 0.3) is 11.0 Å². The Morgan fingerprint density at radius 1 is 0.914 bits per heavy atom. The third kappa shape index (κ3) is 6.69. The zero-order valence-electron chi connectivity index (χ0n) is 19.8. The van der Waals surface area contributed by atoms with Crippen LogP contribution in [0.1, 0.15) is 23.4 Å². The van der Waals surface area contributed by atoms with Crippen LogP contribution in [0, 0.1) is 6.92 Å². The molecule has 2 amide bonds. The molecule has 0 fully saturated rings. The van der Waals surface area contributed by atoms with E-state index in [9.17, 15) is 9.59 Å². The number of para-hydroxylation sites is 2. The van der Waals surface area contributed by atoms with E-state index in [2.05, 4.69) is 26.3 Å². The number of carbonyl (C=O) groups excluding carboxylic acids is 2. The Balaban J connectivity index is 1.32. The Morgan fingerprint density at radius 2 is 1.57 bits per heavy atom. The quantitative estimate of drug-likeness (QED) is 0.337. The highest BCUT2D eigenvalue weighted by Crippen LogP contribution is 2.15. The summed E-state index contributed by atoms with van der Waals surface area (Å²) in [7, 11) is 0. The average Bonchev–Trinajstić information content (AvgIpc) is 3.21. The molecular weight excluding hydrogens is 440 g/mol. The van der Waals surface area contributed by atoms with E-state index in [0.717, 1.165) is 41.0 Å². The van der Waals surface area contributed by atoms with Gasteiger partial charge < -0.3 is 19.9 Å². The Kier molecular flexibility index (Phi) is 8.12. The van der Waals surface area contributed by atoms with Gasteiger partial charge in [0.1, 0.15) is 18.5 Å². The molecule has 0 aliphatic carbocycles. The highest BCUT2D eigenvalue weighted by atomic mass is 16.5. The Bertz CT molecular complexity index is 1260. The number of aromatic nitrogens is 2. The van der Waals surface area contributed by atoms with Crippen LogP contribution in [0.15, 0.2) is 84.9 Å². The number of nitrogens with zero attached hydrogens (tertiary/aromatic N) is 2. The zero-order chi connectivity index (χ0) is 24.5. The molecule has 4 aromatic rings. The number of alkyl carbamates (subject to hydrolysis) is 1. The molecule has 0 bridgehead atoms. The summed E-state index contributed by atoms with van der Waals surface area (Å²) in [4.78, 5) is 30.0. The number of fused-ring (bicyclic) bond motifs is 1. The highest BCUT2D eigenvalue weighted by Gasteiger charge is 2.22. The highest BCUT2D eigenvalue weighted by molar-refractivity contribution is 5.86. The third-order valence-corrected chi connectivity index (χ3v) is 5.81. The first kappa shape index (κ1) is 24.0. The van der Waals surface area contributed by atoms with E-state index < -0.39 is 12.1 Å². The summed E-state index contributed by atoms with van der Waals surface area (Å²) in [5, 5.41) is 5.70. The number of rotatable bonds is 10. The van der Waals surface area contributed by atoms with Crippen molar-refractivity contribution in [1.82, 2.24) is 20.2 Å². The van der Waals surface area contributed by atoms with Crippen LogP contribution in [0.5, 0.6) is 0 Å². The molecule has 1 atom stereocenters. The van der Waals surface area contributed by atoms with Crippen molar-refractivity contribution >= 4 is 23.0 Å². The molecule has 4 rings (SSSR count). The lowest BCUT2D eigenvalue weighted by molar-refractivity contribution is -0.123. The fourth-order valence-electron chi connectivity index (χ4n) is 4.02. The van der Waals surface area contributed by atoms with Gasteiger partial charge in [-0.25, -0.2) is 9.78 Å². The molecule has 0 aliphatic rings. The smallest absolute Gasteiger partial charge is 0.408 e. The van der Waals surface area contributed by atoms with Crippen molar-refractivity contribution in [2.24, 2.45) is 0 Å². The minimum atomic E-state index is -0.739. The van der Waals surface area contributed by atoms with Gasteiger partial charge in [-0.15, -0.1) is 0 Å². The van der Waals surface area contributed by atoms with Crippen LogP contribution in [0.3, 0.4) is 0 Å². The molecule has 7 heteroatoms. The monoisotopic (exact) mass is 470 g/mol. The first-order valence-electron chi connectivity index (χ1n) is 11.8. The average molecular weight is 471 g/mol. The van der Waals surface area contributed by atoms with Crippen LogP contribution < -0.4 is 10.6 Å². The fourth-order valence-corrected chi connectivity index (χ4v) is 4.02. The number of amides is 2. The number of carbonyl (C=O) groups is 2. The molecule has 7 nitrogen and oxygen atoms in total. The van der Waals surface area contributed by atoms with Gasteiger partial charge in [0.15, 0.2) is 0 Å². The molecule has 0 spiro atoms. The molecule has 0 radical (unpaired) electrons. The van der Waals surface area contributed by atoms with Crippen molar-refractivity contribution in [3.05, 3.63) is 102 Å². The van der Waals surface area contributed by atoms with E-state index in [-0.39, 0.29) is 12.5 Å². The van der Waals surface area contributed by atoms with Crippen molar-refractivity contribution in [3.8, 4) is 0 Å². The summed E-state index contributed by atoms with van der Waals surface area (Å²) in [5.74, 6) is 0.708. The molecule has 1 unspecified atom stereocenters. The molecular formula is C28H30N4O3. The maximum absolute atomic E-state index is 13.0. The lowest BCUT2D eigenvalue weighted by Crippen LogP contribution is -2.48. The van der Waals surface area contributed by atoms with E-state index >= 15 is 0 Å². The van der Waals surface area contributed by atoms with Crippen molar-refractivity contribution in [2.75, 3.05) is 6.54 Å². The van der Waals surface area contributed by atoms with Crippen LogP contribution in [0.2, 0.25) is 0 Å². The predicted octanol–water partition coefficient (Wildman–Crippen LogP) is 4.39. The van der Waals surface area contributed by atoms with Gasteiger partial charge in [0.25, 0.3) is 0 Å². The van der Waals surface area contributed by atoms with Crippen LogP contribution in [-0.4, -0.2) is 34.1 Å². The minimum Gasteiger partial charge on any atom is -0.445 e. The van der Waals surface area contributed by atoms with E-state index in [1.807, 2.05) is 85.8 Å². The number of hydrogen-bond acceptors (Lipinski definition) is 4. The maximum Gasteiger partial charge on any atom is 0.408 e. The second-order valence-corrected chi connectivity index (χ2v) is 8.39. The molecule has 180 valence electrons. The van der Waals surface area contributed by atoms with Gasteiger partial charge in [-0.1, -0.05) is 72.8 Å². The molecule has 1 heterocycles. The summed E-state index contributed by atoms with van der Waals surface area (Å²) < 4.78 is 7.49. The van der Waals surface area contributed by atoms with Gasteiger partial charge in [0.2, 0.25) is 5.91 Å². The van der Waals surface area contributed by atoms with Gasteiger partial charge in [0.05, 0.1) is 11.0 Å². The number of aryl methyl sites for hydroxylation is 2. The fraction of sp³-hybridized carbons (Fsp3) is 0.250. The summed E-state index contributed by atoms with van der Waals surface area (Å²) in [6, 6.07) is 26.3. The predicted molar refractivity (Wildman–Crippen MR) is 136 cm³/mol. The molecule has 1 aromatic heterocycles. The molecule has 2 N–H and O–H groups in total. The van der Waals surface area contributed by atoms with Gasteiger partial charge in [0, 0.05) is 19.5 Å². The Morgan fingerprint density at radius 3 is 2.31 bits per heavy atom. The topological polar surface area (TPSA) is 85.3 Å². The third-order valence-electron chi connectivity index (χ3n) is 5.81. The molecule has 0 saturated heterocycles. The molecule has 3 aromatic carbocycles. The summed E-state index contributed by atoms with van der Waals surface area (Å²) >= 11 is 0. The Labute approximate surface area is 205 Å². The SMILES string of the molecule is Cc1nc2ccccc2n1CCCNC(=O)C(Cc1ccccc1)NC(=O)OCc1ccccc1. The van der Waals surface area contributed by atoms with Gasteiger partial charge in [-0.2, -0.15) is 0 Å². The van der Waals surface area contributed by atoms with Crippen LogP contribution in [-0.2, 0) is 29.1 Å². The second kappa shape index (κ2) is 11.8. The van der Waals surface area contributed by atoms with E-state index in [1.165, 1.54) is 0 Å². The van der Waals surface area contributed by atoms with E-state index in [0.29, 0.717) is 13.0 Å². The van der Waals surface area contributed by atoms with Gasteiger partial charge in [-0.3, -0.25) is 4.79 Å². The van der Waals surface area contributed by atoms with Gasteiger partial charge >= 0.3 is 6.09 Å². The Hall–Kier alpha value is -4.13. The summed E-state index contributed by atoms with van der Waals surface area (Å²) in [5.41, 5.74) is 3.89. The van der Waals surface area contributed by atoms with Crippen LogP contribution >= 0.6 is 0 Å². The number of benzene rings is 3. The number of hydrogen-bond donors (Lipinski definition) is 2. The molecule has 0 aliphatic heterocycles. The van der Waals surface area contributed by atoms with Crippen molar-refractivity contribution in [3.63, 3.8) is 0 Å². The number of nitrogens with one attached hydrogen (secondary N) is 2. The molecule has 35 heavy (non-hydrogen) atoms. The largest absolute Gasteiger partial charge is 0.445 e.